The Morgan fingerprint density at radius 2 is 0.769 bits per heavy atom. The lowest BCUT2D eigenvalue weighted by Crippen LogP contribution is -2.51. The van der Waals surface area contributed by atoms with Crippen molar-refractivity contribution in [3.63, 3.8) is 0 Å². The summed E-state index contributed by atoms with van der Waals surface area (Å²) in [5.41, 5.74) is 0. The molecule has 0 bridgehead atoms. The minimum absolute atomic E-state index is 0.174. The van der Waals surface area contributed by atoms with Crippen molar-refractivity contribution in [1.29, 1.82) is 0 Å². The van der Waals surface area contributed by atoms with Crippen LogP contribution in [0.5, 0.6) is 0 Å². The van der Waals surface area contributed by atoms with Gasteiger partial charge in [-0.05, 0) is 70.6 Å². The quantitative estimate of drug-likeness (QED) is 0.0468. The lowest BCUT2D eigenvalue weighted by atomic mass is 10.0. The second-order valence-corrected chi connectivity index (χ2v) is 11.4. The fourth-order valence-corrected chi connectivity index (χ4v) is 5.35. The van der Waals surface area contributed by atoms with Gasteiger partial charge in [-0.2, -0.15) is 0 Å². The topological polar surface area (TPSA) is 112 Å². The monoisotopic (exact) mass is 554 g/mol. The van der Waals surface area contributed by atoms with Crippen LogP contribution in [0.15, 0.2) is 12.2 Å². The third kappa shape index (κ3) is 26.1. The highest BCUT2D eigenvalue weighted by Crippen LogP contribution is 2.19. The summed E-state index contributed by atoms with van der Waals surface area (Å²) < 4.78 is 0.867. The first kappa shape index (κ1) is 37.1. The maximum Gasteiger partial charge on any atom is 0.303 e. The Balaban J connectivity index is 4.49. The summed E-state index contributed by atoms with van der Waals surface area (Å²) >= 11 is 0. The predicted molar refractivity (Wildman–Crippen MR) is 159 cm³/mol. The Hall–Kier alpha value is -1.89. The van der Waals surface area contributed by atoms with Crippen molar-refractivity contribution in [3.8, 4) is 0 Å². The Kier molecular flexibility index (Phi) is 25.1. The summed E-state index contributed by atoms with van der Waals surface area (Å²) in [4.78, 5) is 32.9. The molecular weight excluding hydrogens is 494 g/mol. The molecule has 0 unspecified atom stereocenters. The van der Waals surface area contributed by atoms with E-state index in [9.17, 15) is 14.4 Å². The Morgan fingerprint density at radius 1 is 0.462 bits per heavy atom. The van der Waals surface area contributed by atoms with Crippen LogP contribution < -0.4 is 0 Å². The molecule has 0 spiro atoms. The molecule has 7 nitrogen and oxygen atoms in total. The first-order chi connectivity index (χ1) is 18.8. The van der Waals surface area contributed by atoms with Crippen LogP contribution in [0.3, 0.4) is 0 Å². The molecule has 0 saturated heterocycles. The molecule has 0 aliphatic rings. The van der Waals surface area contributed by atoms with Gasteiger partial charge in [0.25, 0.3) is 0 Å². The minimum Gasteiger partial charge on any atom is -0.481 e. The van der Waals surface area contributed by atoms with E-state index < -0.39 is 17.9 Å². The average molecular weight is 555 g/mol. The molecule has 7 heteroatoms. The van der Waals surface area contributed by atoms with E-state index in [-0.39, 0.29) is 19.3 Å². The van der Waals surface area contributed by atoms with E-state index >= 15 is 0 Å². The Bertz CT molecular complexity index is 594. The molecule has 0 fully saturated rings. The van der Waals surface area contributed by atoms with Gasteiger partial charge in [-0.15, -0.1) is 0 Å². The lowest BCUT2D eigenvalue weighted by Gasteiger charge is -2.39. The summed E-state index contributed by atoms with van der Waals surface area (Å²) in [6, 6.07) is 0. The van der Waals surface area contributed by atoms with Crippen LogP contribution in [0.25, 0.3) is 0 Å². The number of carboxylic acids is 3. The van der Waals surface area contributed by atoms with Gasteiger partial charge in [0.05, 0.1) is 26.2 Å². The van der Waals surface area contributed by atoms with Gasteiger partial charge in [-0.3, -0.25) is 14.4 Å². The summed E-state index contributed by atoms with van der Waals surface area (Å²) in [6.45, 7) is 5.91. The number of quaternary nitrogens is 1. The largest absolute Gasteiger partial charge is 0.481 e. The number of unbranched alkanes of at least 4 members (excludes halogenated alkanes) is 14. The summed E-state index contributed by atoms with van der Waals surface area (Å²) in [5, 5.41) is 27.1. The third-order valence-electron chi connectivity index (χ3n) is 7.71. The zero-order chi connectivity index (χ0) is 29.0. The molecule has 0 aromatic rings. The normalized spacial score (nSPS) is 11.8. The molecule has 0 saturated carbocycles. The smallest absolute Gasteiger partial charge is 0.303 e. The van der Waals surface area contributed by atoms with E-state index in [1.165, 1.54) is 77.0 Å². The highest BCUT2D eigenvalue weighted by molar-refractivity contribution is 5.67. The number of aliphatic carboxylic acids is 3. The van der Waals surface area contributed by atoms with Crippen molar-refractivity contribution < 1.29 is 34.2 Å². The molecule has 0 heterocycles. The number of rotatable bonds is 30. The number of hydrogen-bond donors (Lipinski definition) is 3. The standard InChI is InChI=1S/C32H59NO6/c1-2-3-4-5-6-7-8-9-10-11-12-13-14-15-19-26-33(27-20-16-23-30(34)35,28-21-17-24-31(36)37)29-22-18-25-32(38)39/h5-6H,2-4,7-29H2,1H3,(H2-,34,35,36,37,38,39)/p+1/b6-5+. The van der Waals surface area contributed by atoms with Crippen molar-refractivity contribution in [2.75, 3.05) is 26.2 Å². The molecule has 3 N–H and O–H groups in total. The first-order valence-electron chi connectivity index (χ1n) is 16.0. The van der Waals surface area contributed by atoms with Gasteiger partial charge in [0.1, 0.15) is 0 Å². The fourth-order valence-electron chi connectivity index (χ4n) is 5.35. The van der Waals surface area contributed by atoms with E-state index in [0.717, 1.165) is 56.3 Å². The van der Waals surface area contributed by atoms with Crippen LogP contribution in [0.2, 0.25) is 0 Å². The maximum atomic E-state index is 11.0. The van der Waals surface area contributed by atoms with Crippen LogP contribution >= 0.6 is 0 Å². The highest BCUT2D eigenvalue weighted by atomic mass is 16.4. The molecule has 0 atom stereocenters. The molecule has 228 valence electrons. The highest BCUT2D eigenvalue weighted by Gasteiger charge is 2.26. The lowest BCUT2D eigenvalue weighted by molar-refractivity contribution is -0.929. The summed E-state index contributed by atoms with van der Waals surface area (Å²) in [7, 11) is 0. The van der Waals surface area contributed by atoms with Crippen molar-refractivity contribution in [2.24, 2.45) is 0 Å². The van der Waals surface area contributed by atoms with E-state index in [2.05, 4.69) is 19.1 Å². The molecule has 0 aliphatic carbocycles. The fraction of sp³-hybridized carbons (Fsp3) is 0.844. The Labute approximate surface area is 238 Å². The summed E-state index contributed by atoms with van der Waals surface area (Å²) in [5.74, 6) is -2.30. The molecular formula is C32H60NO6+. The predicted octanol–water partition coefficient (Wildman–Crippen LogP) is 8.22. The van der Waals surface area contributed by atoms with E-state index in [0.29, 0.717) is 19.3 Å². The van der Waals surface area contributed by atoms with Gasteiger partial charge in [0.2, 0.25) is 0 Å². The van der Waals surface area contributed by atoms with Crippen molar-refractivity contribution in [1.82, 2.24) is 0 Å². The number of carbonyl (C=O) groups is 3. The van der Waals surface area contributed by atoms with Gasteiger partial charge in [-0.25, -0.2) is 0 Å². The van der Waals surface area contributed by atoms with E-state index in [4.69, 9.17) is 15.3 Å². The SMILES string of the molecule is CCCC/C=C/CCCCCCCCCCC[N+](CCCCC(=O)O)(CCCCC(=O)O)CCCCC(=O)O. The Morgan fingerprint density at radius 3 is 1.13 bits per heavy atom. The molecule has 0 amide bonds. The van der Waals surface area contributed by atoms with Crippen LogP contribution in [0.4, 0.5) is 0 Å². The third-order valence-corrected chi connectivity index (χ3v) is 7.71. The van der Waals surface area contributed by atoms with Crippen LogP contribution in [-0.4, -0.2) is 63.9 Å². The zero-order valence-electron chi connectivity index (χ0n) is 25.1. The van der Waals surface area contributed by atoms with Gasteiger partial charge < -0.3 is 19.8 Å². The van der Waals surface area contributed by atoms with Gasteiger partial charge in [0, 0.05) is 19.3 Å². The summed E-state index contributed by atoms with van der Waals surface area (Å²) in [6.07, 6.45) is 26.0. The molecule has 0 aromatic heterocycles. The van der Waals surface area contributed by atoms with Crippen LogP contribution in [0, 0.1) is 0 Å². The van der Waals surface area contributed by atoms with E-state index in [1.807, 2.05) is 0 Å². The molecule has 0 aliphatic heterocycles. The van der Waals surface area contributed by atoms with Crippen molar-refractivity contribution in [2.45, 2.75) is 148 Å². The van der Waals surface area contributed by atoms with E-state index in [1.54, 1.807) is 0 Å². The molecule has 39 heavy (non-hydrogen) atoms. The average Bonchev–Trinajstić information content (AvgIpc) is 2.89. The number of nitrogens with zero attached hydrogens (tertiary/aromatic N) is 1. The number of carboxylic acid groups (broad SMARTS) is 3. The van der Waals surface area contributed by atoms with Crippen LogP contribution in [0.1, 0.15) is 148 Å². The van der Waals surface area contributed by atoms with Crippen LogP contribution in [-0.2, 0) is 14.4 Å². The first-order valence-corrected chi connectivity index (χ1v) is 16.0. The van der Waals surface area contributed by atoms with Gasteiger partial charge in [-0.1, -0.05) is 70.4 Å². The second-order valence-electron chi connectivity index (χ2n) is 11.4. The zero-order valence-corrected chi connectivity index (χ0v) is 25.1. The van der Waals surface area contributed by atoms with Gasteiger partial charge >= 0.3 is 17.9 Å². The molecule has 0 rings (SSSR count). The second kappa shape index (κ2) is 26.3. The van der Waals surface area contributed by atoms with Crippen molar-refractivity contribution >= 4 is 17.9 Å². The molecule has 0 aromatic carbocycles. The van der Waals surface area contributed by atoms with Gasteiger partial charge in [0.15, 0.2) is 0 Å². The minimum atomic E-state index is -0.768. The maximum absolute atomic E-state index is 11.0. The van der Waals surface area contributed by atoms with Crippen molar-refractivity contribution in [3.05, 3.63) is 12.2 Å². The number of hydrogen-bond acceptors (Lipinski definition) is 3. The molecule has 0 radical (unpaired) electrons. The number of allylic oxidation sites excluding steroid dienone is 2.